The minimum Gasteiger partial charge on any atom is -0.489 e. The predicted molar refractivity (Wildman–Crippen MR) is 79.4 cm³/mol. The molecule has 0 radical (unpaired) electrons. The number of hydrogen-bond acceptors (Lipinski definition) is 3. The molecule has 2 N–H and O–H groups in total. The van der Waals surface area contributed by atoms with Crippen LogP contribution >= 0.6 is 0 Å². The first kappa shape index (κ1) is 14.7. The Morgan fingerprint density at radius 1 is 1.22 bits per heavy atom. The maximum Gasteiger partial charge on any atom is 0.144 e. The number of ether oxygens (including phenoxy) is 1. The van der Waals surface area contributed by atoms with Crippen molar-refractivity contribution in [2.24, 2.45) is 0 Å². The van der Waals surface area contributed by atoms with E-state index in [1.807, 2.05) is 26.0 Å². The molecule has 0 aliphatic heterocycles. The lowest BCUT2D eigenvalue weighted by atomic mass is 10.1. The number of benzene rings is 1. The monoisotopic (exact) mass is 250 g/mol. The predicted octanol–water partition coefficient (Wildman–Crippen LogP) is 3.68. The van der Waals surface area contributed by atoms with Gasteiger partial charge in [-0.15, -0.1) is 0 Å². The summed E-state index contributed by atoms with van der Waals surface area (Å²) in [5.74, 6) is 0.782. The molecule has 0 amide bonds. The second-order valence-electron chi connectivity index (χ2n) is 4.93. The Kier molecular flexibility index (Phi) is 5.32. The Bertz CT molecular complexity index is 377. The number of anilines is 2. The van der Waals surface area contributed by atoms with Gasteiger partial charge in [0, 0.05) is 24.3 Å². The molecule has 1 rings (SSSR count). The van der Waals surface area contributed by atoms with E-state index in [0.717, 1.165) is 18.7 Å². The molecule has 3 nitrogen and oxygen atoms in total. The Morgan fingerprint density at radius 3 is 2.39 bits per heavy atom. The van der Waals surface area contributed by atoms with E-state index in [1.165, 1.54) is 5.69 Å². The third-order valence-electron chi connectivity index (χ3n) is 3.16. The fourth-order valence-electron chi connectivity index (χ4n) is 2.03. The van der Waals surface area contributed by atoms with E-state index in [-0.39, 0.29) is 6.10 Å². The second-order valence-corrected chi connectivity index (χ2v) is 4.93. The van der Waals surface area contributed by atoms with Crippen LogP contribution in [-0.4, -0.2) is 18.7 Å². The number of hydrogen-bond donors (Lipinski definition) is 1. The fourth-order valence-corrected chi connectivity index (χ4v) is 2.03. The van der Waals surface area contributed by atoms with Gasteiger partial charge in [-0.3, -0.25) is 0 Å². The van der Waals surface area contributed by atoms with Crippen LogP contribution in [0.1, 0.15) is 41.0 Å². The Morgan fingerprint density at radius 2 is 1.89 bits per heavy atom. The number of rotatable bonds is 6. The minimum atomic E-state index is 0.140. The molecule has 0 aliphatic carbocycles. The molecular formula is C15H26N2O. The second kappa shape index (κ2) is 6.53. The molecule has 3 heteroatoms. The van der Waals surface area contributed by atoms with Crippen LogP contribution in [0.5, 0.6) is 5.75 Å². The van der Waals surface area contributed by atoms with E-state index in [0.29, 0.717) is 11.7 Å². The Balaban J connectivity index is 3.02. The molecule has 0 bridgehead atoms. The zero-order valence-electron chi connectivity index (χ0n) is 12.2. The van der Waals surface area contributed by atoms with Gasteiger partial charge in [-0.1, -0.05) is 6.92 Å². The van der Waals surface area contributed by atoms with Crippen molar-refractivity contribution in [3.05, 3.63) is 18.2 Å². The molecule has 1 atom stereocenters. The molecule has 1 unspecified atom stereocenters. The van der Waals surface area contributed by atoms with Crippen LogP contribution in [0.3, 0.4) is 0 Å². The van der Waals surface area contributed by atoms with Gasteiger partial charge >= 0.3 is 0 Å². The van der Waals surface area contributed by atoms with E-state index >= 15 is 0 Å². The van der Waals surface area contributed by atoms with Crippen molar-refractivity contribution < 1.29 is 4.74 Å². The fraction of sp³-hybridized carbons (Fsp3) is 0.600. The van der Waals surface area contributed by atoms with Gasteiger partial charge < -0.3 is 15.4 Å². The Hall–Kier alpha value is -1.38. The van der Waals surface area contributed by atoms with Gasteiger partial charge in [0.25, 0.3) is 0 Å². The van der Waals surface area contributed by atoms with Crippen molar-refractivity contribution >= 4 is 11.4 Å². The molecule has 1 aromatic carbocycles. The van der Waals surface area contributed by atoms with Crippen molar-refractivity contribution in [2.45, 2.75) is 53.2 Å². The quantitative estimate of drug-likeness (QED) is 0.783. The Labute approximate surface area is 111 Å². The topological polar surface area (TPSA) is 38.5 Å². The van der Waals surface area contributed by atoms with Gasteiger partial charge in [0.15, 0.2) is 0 Å². The summed E-state index contributed by atoms with van der Waals surface area (Å²) >= 11 is 0. The van der Waals surface area contributed by atoms with Crippen molar-refractivity contribution in [3.8, 4) is 5.75 Å². The first-order chi connectivity index (χ1) is 8.49. The average molecular weight is 250 g/mol. The lowest BCUT2D eigenvalue weighted by Gasteiger charge is -2.30. The third kappa shape index (κ3) is 3.56. The molecule has 102 valence electrons. The summed E-state index contributed by atoms with van der Waals surface area (Å²) in [6.07, 6.45) is 1.26. The number of nitrogens with zero attached hydrogens (tertiary/aromatic N) is 1. The van der Waals surface area contributed by atoms with Crippen LogP contribution in [0.4, 0.5) is 11.4 Å². The summed E-state index contributed by atoms with van der Waals surface area (Å²) in [6, 6.07) is 6.56. The summed E-state index contributed by atoms with van der Waals surface area (Å²) in [5.41, 5.74) is 7.82. The minimum absolute atomic E-state index is 0.140. The van der Waals surface area contributed by atoms with Gasteiger partial charge in [0.2, 0.25) is 0 Å². The number of nitrogen functional groups attached to an aromatic ring is 1. The van der Waals surface area contributed by atoms with Crippen molar-refractivity contribution in [1.82, 2.24) is 0 Å². The van der Waals surface area contributed by atoms with Gasteiger partial charge in [-0.25, -0.2) is 0 Å². The van der Waals surface area contributed by atoms with Crippen LogP contribution < -0.4 is 15.4 Å². The van der Waals surface area contributed by atoms with E-state index < -0.39 is 0 Å². The van der Waals surface area contributed by atoms with Crippen molar-refractivity contribution in [2.75, 3.05) is 17.2 Å². The largest absolute Gasteiger partial charge is 0.489 e. The first-order valence-electron chi connectivity index (χ1n) is 6.82. The summed E-state index contributed by atoms with van der Waals surface area (Å²) in [5, 5.41) is 0. The maximum absolute atomic E-state index is 5.94. The van der Waals surface area contributed by atoms with Crippen LogP contribution in [-0.2, 0) is 0 Å². The highest BCUT2D eigenvalue weighted by Gasteiger charge is 2.13. The van der Waals surface area contributed by atoms with Crippen molar-refractivity contribution in [1.29, 1.82) is 0 Å². The molecule has 0 saturated heterocycles. The molecule has 0 heterocycles. The lowest BCUT2D eigenvalue weighted by molar-refractivity contribution is 0.244. The van der Waals surface area contributed by atoms with Crippen LogP contribution in [0.25, 0.3) is 0 Å². The van der Waals surface area contributed by atoms with Gasteiger partial charge in [-0.05, 0) is 46.2 Å². The highest BCUT2D eigenvalue weighted by Crippen LogP contribution is 2.29. The molecule has 0 fully saturated rings. The van der Waals surface area contributed by atoms with E-state index in [9.17, 15) is 0 Å². The van der Waals surface area contributed by atoms with Crippen LogP contribution in [0, 0.1) is 0 Å². The zero-order chi connectivity index (χ0) is 13.7. The lowest BCUT2D eigenvalue weighted by Crippen LogP contribution is -2.32. The highest BCUT2D eigenvalue weighted by atomic mass is 16.5. The number of nitrogens with two attached hydrogens (primary N) is 1. The van der Waals surface area contributed by atoms with Gasteiger partial charge in [-0.2, -0.15) is 0 Å². The summed E-state index contributed by atoms with van der Waals surface area (Å²) in [4.78, 5) is 2.37. The molecule has 1 aromatic rings. The molecule has 0 aromatic heterocycles. The van der Waals surface area contributed by atoms with Crippen LogP contribution in [0.15, 0.2) is 18.2 Å². The summed E-state index contributed by atoms with van der Waals surface area (Å²) in [7, 11) is 0. The van der Waals surface area contributed by atoms with E-state index in [2.05, 4.69) is 31.7 Å². The molecule has 18 heavy (non-hydrogen) atoms. The first-order valence-corrected chi connectivity index (χ1v) is 6.82. The zero-order valence-corrected chi connectivity index (χ0v) is 12.2. The van der Waals surface area contributed by atoms with E-state index in [1.54, 1.807) is 0 Å². The van der Waals surface area contributed by atoms with Crippen LogP contribution in [0.2, 0.25) is 0 Å². The average Bonchev–Trinajstić information content (AvgIpc) is 2.33. The van der Waals surface area contributed by atoms with Gasteiger partial charge in [0.05, 0.1) is 11.8 Å². The molecular weight excluding hydrogens is 224 g/mol. The smallest absolute Gasteiger partial charge is 0.144 e. The molecule has 0 spiro atoms. The summed E-state index contributed by atoms with van der Waals surface area (Å²) < 4.78 is 5.74. The highest BCUT2D eigenvalue weighted by molar-refractivity contribution is 5.62. The standard InChI is InChI=1S/C15H26N2O/c1-6-12(5)17(7-2)13-8-9-14(16)15(10-13)18-11(3)4/h8-12H,6-7,16H2,1-5H3. The SMILES string of the molecule is CCC(C)N(CC)c1ccc(N)c(OC(C)C)c1. The molecule has 0 saturated carbocycles. The molecule has 0 aliphatic rings. The van der Waals surface area contributed by atoms with E-state index in [4.69, 9.17) is 10.5 Å². The third-order valence-corrected chi connectivity index (χ3v) is 3.16. The van der Waals surface area contributed by atoms with Gasteiger partial charge in [0.1, 0.15) is 5.75 Å². The summed E-state index contributed by atoms with van der Waals surface area (Å²) in [6.45, 7) is 11.6. The maximum atomic E-state index is 5.94. The normalized spacial score (nSPS) is 12.6. The van der Waals surface area contributed by atoms with Crippen molar-refractivity contribution in [3.63, 3.8) is 0 Å².